The van der Waals surface area contributed by atoms with Gasteiger partial charge in [0, 0.05) is 10.9 Å². The highest BCUT2D eigenvalue weighted by atomic mass is 79.9. The fourth-order valence-electron chi connectivity index (χ4n) is 0.866. The monoisotopic (exact) mass is 244 g/mol. The number of nitrogens with one attached hydrogen (secondary N) is 1. The lowest BCUT2D eigenvalue weighted by molar-refractivity contribution is 0.0690. The molecule has 0 aromatic carbocycles. The van der Waals surface area contributed by atoms with Crippen LogP contribution in [0.5, 0.6) is 0 Å². The van der Waals surface area contributed by atoms with E-state index in [0.717, 1.165) is 11.8 Å². The maximum Gasteiger partial charge on any atom is 0.354 e. The Balaban J connectivity index is 2.76. The fourth-order valence-corrected chi connectivity index (χ4v) is 1.13. The summed E-state index contributed by atoms with van der Waals surface area (Å²) >= 11 is 3.27. The Labute approximate surface area is 83.8 Å². The molecule has 4 nitrogen and oxygen atoms in total. The minimum absolute atomic E-state index is 0.130. The number of aromatic nitrogens is 2. The van der Waals surface area contributed by atoms with E-state index in [2.05, 4.69) is 26.1 Å². The summed E-state index contributed by atoms with van der Waals surface area (Å²) in [6, 6.07) is 0. The van der Waals surface area contributed by atoms with Gasteiger partial charge in [-0.2, -0.15) is 5.10 Å². The number of H-pyrrole nitrogens is 1. The Morgan fingerprint density at radius 2 is 2.54 bits per heavy atom. The standard InChI is InChI=1S/C8H9BrN2O2/c9-4-2-1-3-6-5-10-11-7(6)8(12)13/h1,3,5H,2,4H2,(H,10,11)(H,12,13). The topological polar surface area (TPSA) is 66.0 Å². The zero-order valence-corrected chi connectivity index (χ0v) is 8.41. The van der Waals surface area contributed by atoms with Gasteiger partial charge < -0.3 is 5.11 Å². The van der Waals surface area contributed by atoms with Crippen LogP contribution in [-0.2, 0) is 0 Å². The average molecular weight is 245 g/mol. The zero-order valence-electron chi connectivity index (χ0n) is 6.83. The van der Waals surface area contributed by atoms with Gasteiger partial charge in [0.15, 0.2) is 5.69 Å². The first-order valence-electron chi connectivity index (χ1n) is 3.75. The zero-order chi connectivity index (χ0) is 9.68. The van der Waals surface area contributed by atoms with Gasteiger partial charge in [0.05, 0.1) is 6.20 Å². The highest BCUT2D eigenvalue weighted by Gasteiger charge is 2.08. The normalized spacial score (nSPS) is 10.8. The highest BCUT2D eigenvalue weighted by Crippen LogP contribution is 2.07. The molecule has 0 saturated heterocycles. The number of rotatable bonds is 4. The lowest BCUT2D eigenvalue weighted by atomic mass is 10.2. The largest absolute Gasteiger partial charge is 0.477 e. The first kappa shape index (κ1) is 9.98. The second-order valence-electron chi connectivity index (χ2n) is 2.39. The molecule has 1 aromatic heterocycles. The van der Waals surface area contributed by atoms with E-state index in [9.17, 15) is 4.79 Å². The second kappa shape index (κ2) is 4.81. The molecule has 13 heavy (non-hydrogen) atoms. The fraction of sp³-hybridized carbons (Fsp3) is 0.250. The van der Waals surface area contributed by atoms with Gasteiger partial charge in [0.25, 0.3) is 0 Å². The van der Waals surface area contributed by atoms with Crippen LogP contribution in [0.15, 0.2) is 12.3 Å². The van der Waals surface area contributed by atoms with Crippen LogP contribution in [0.3, 0.4) is 0 Å². The molecule has 0 amide bonds. The first-order valence-corrected chi connectivity index (χ1v) is 4.87. The molecule has 0 spiro atoms. The minimum atomic E-state index is -0.990. The van der Waals surface area contributed by atoms with Crippen LogP contribution >= 0.6 is 15.9 Å². The van der Waals surface area contributed by atoms with Gasteiger partial charge in [-0.25, -0.2) is 4.79 Å². The van der Waals surface area contributed by atoms with E-state index in [-0.39, 0.29) is 5.69 Å². The summed E-state index contributed by atoms with van der Waals surface area (Å²) in [5.74, 6) is -0.990. The van der Waals surface area contributed by atoms with Crippen molar-refractivity contribution in [2.24, 2.45) is 0 Å². The number of carboxylic acids is 1. The maximum absolute atomic E-state index is 10.6. The van der Waals surface area contributed by atoms with Crippen molar-refractivity contribution in [1.29, 1.82) is 0 Å². The van der Waals surface area contributed by atoms with Crippen LogP contribution in [0, 0.1) is 0 Å². The number of aromatic amines is 1. The van der Waals surface area contributed by atoms with Gasteiger partial charge in [-0.1, -0.05) is 28.1 Å². The molecule has 0 radical (unpaired) electrons. The van der Waals surface area contributed by atoms with Crippen molar-refractivity contribution in [1.82, 2.24) is 10.2 Å². The van der Waals surface area contributed by atoms with Gasteiger partial charge in [-0.05, 0) is 6.42 Å². The van der Waals surface area contributed by atoms with Crippen molar-refractivity contribution >= 4 is 28.0 Å². The van der Waals surface area contributed by atoms with Crippen LogP contribution in [0.4, 0.5) is 0 Å². The van der Waals surface area contributed by atoms with Crippen molar-refractivity contribution in [3.63, 3.8) is 0 Å². The van der Waals surface area contributed by atoms with Crippen molar-refractivity contribution in [2.75, 3.05) is 5.33 Å². The third-order valence-corrected chi connectivity index (χ3v) is 1.91. The Morgan fingerprint density at radius 1 is 1.77 bits per heavy atom. The van der Waals surface area contributed by atoms with Crippen LogP contribution in [0.1, 0.15) is 22.5 Å². The van der Waals surface area contributed by atoms with Crippen molar-refractivity contribution < 1.29 is 9.90 Å². The van der Waals surface area contributed by atoms with E-state index in [1.807, 2.05) is 6.08 Å². The summed E-state index contributed by atoms with van der Waals surface area (Å²) in [5.41, 5.74) is 0.735. The minimum Gasteiger partial charge on any atom is -0.477 e. The van der Waals surface area contributed by atoms with Gasteiger partial charge in [0.2, 0.25) is 0 Å². The predicted octanol–water partition coefficient (Wildman–Crippen LogP) is 1.91. The SMILES string of the molecule is O=C(O)c1[nH]ncc1C=CCCBr. The third kappa shape index (κ3) is 2.69. The molecule has 2 N–H and O–H groups in total. The number of carbonyl (C=O) groups is 1. The van der Waals surface area contributed by atoms with Crippen LogP contribution in [0.25, 0.3) is 6.08 Å². The molecule has 0 aliphatic heterocycles. The molecule has 0 saturated carbocycles. The first-order chi connectivity index (χ1) is 6.25. The second-order valence-corrected chi connectivity index (χ2v) is 3.18. The van der Waals surface area contributed by atoms with Gasteiger partial charge in [0.1, 0.15) is 0 Å². The summed E-state index contributed by atoms with van der Waals surface area (Å²) in [6.07, 6.45) is 6.00. The molecule has 0 aliphatic rings. The number of hydrogen-bond acceptors (Lipinski definition) is 2. The summed E-state index contributed by atoms with van der Waals surface area (Å²) in [7, 11) is 0. The molecule has 70 valence electrons. The number of nitrogens with zero attached hydrogens (tertiary/aromatic N) is 1. The summed E-state index contributed by atoms with van der Waals surface area (Å²) in [5, 5.41) is 15.6. The molecule has 1 aromatic rings. The number of aromatic carboxylic acids is 1. The van der Waals surface area contributed by atoms with Gasteiger partial charge >= 0.3 is 5.97 Å². The van der Waals surface area contributed by atoms with E-state index >= 15 is 0 Å². The van der Waals surface area contributed by atoms with E-state index < -0.39 is 5.97 Å². The Bertz CT molecular complexity index is 320. The average Bonchev–Trinajstić information content (AvgIpc) is 2.53. The number of carboxylic acid groups (broad SMARTS) is 1. The Hall–Kier alpha value is -1.10. The van der Waals surface area contributed by atoms with E-state index in [4.69, 9.17) is 5.11 Å². The summed E-state index contributed by atoms with van der Waals surface area (Å²) in [6.45, 7) is 0. The number of allylic oxidation sites excluding steroid dienone is 1. The number of alkyl halides is 1. The van der Waals surface area contributed by atoms with E-state index in [1.54, 1.807) is 6.08 Å². The van der Waals surface area contributed by atoms with Crippen molar-refractivity contribution in [3.8, 4) is 0 Å². The number of halogens is 1. The Morgan fingerprint density at radius 3 is 3.15 bits per heavy atom. The lowest BCUT2D eigenvalue weighted by Crippen LogP contribution is -1.98. The lowest BCUT2D eigenvalue weighted by Gasteiger charge is -1.89. The molecule has 1 rings (SSSR count). The third-order valence-electron chi connectivity index (χ3n) is 1.46. The predicted molar refractivity (Wildman–Crippen MR) is 53.0 cm³/mol. The molecule has 0 unspecified atom stereocenters. The molecule has 0 aliphatic carbocycles. The molecule has 5 heteroatoms. The van der Waals surface area contributed by atoms with Crippen LogP contribution < -0.4 is 0 Å². The van der Waals surface area contributed by atoms with Gasteiger partial charge in [-0.15, -0.1) is 0 Å². The smallest absolute Gasteiger partial charge is 0.354 e. The van der Waals surface area contributed by atoms with Crippen LogP contribution in [0.2, 0.25) is 0 Å². The van der Waals surface area contributed by atoms with Crippen molar-refractivity contribution in [3.05, 3.63) is 23.5 Å². The Kier molecular flexibility index (Phi) is 3.70. The van der Waals surface area contributed by atoms with E-state index in [1.165, 1.54) is 6.20 Å². The molecule has 1 heterocycles. The molecular weight excluding hydrogens is 236 g/mol. The summed E-state index contributed by atoms with van der Waals surface area (Å²) in [4.78, 5) is 10.6. The number of hydrogen-bond donors (Lipinski definition) is 2. The van der Waals surface area contributed by atoms with Gasteiger partial charge in [-0.3, -0.25) is 5.10 Å². The quantitative estimate of drug-likeness (QED) is 0.796. The molecular formula is C8H9BrN2O2. The van der Waals surface area contributed by atoms with E-state index in [0.29, 0.717) is 5.56 Å². The molecule has 0 fully saturated rings. The molecule has 0 bridgehead atoms. The summed E-state index contributed by atoms with van der Waals surface area (Å²) < 4.78 is 0. The maximum atomic E-state index is 10.6. The van der Waals surface area contributed by atoms with Crippen molar-refractivity contribution in [2.45, 2.75) is 6.42 Å². The van der Waals surface area contributed by atoms with Crippen LogP contribution in [-0.4, -0.2) is 26.6 Å². The highest BCUT2D eigenvalue weighted by molar-refractivity contribution is 9.09. The molecule has 0 atom stereocenters.